The monoisotopic (exact) mass is 518 g/mol. The van der Waals surface area contributed by atoms with E-state index in [0.29, 0.717) is 23.6 Å². The summed E-state index contributed by atoms with van der Waals surface area (Å²) in [6, 6.07) is 21.3. The SMILES string of the molecule is COc1cc(/C=N\NC(=O)CSc2nc3ccccc3n2Cc2ccccc2)cc(OC)c1OC(C)=O. The normalized spacial score (nSPS) is 11.0. The number of hydrogen-bond donors (Lipinski definition) is 1. The number of imidazole rings is 1. The van der Waals surface area contributed by atoms with E-state index in [4.69, 9.17) is 19.2 Å². The Labute approximate surface area is 218 Å². The Morgan fingerprint density at radius 1 is 1.03 bits per heavy atom. The van der Waals surface area contributed by atoms with Crippen LogP contribution >= 0.6 is 11.8 Å². The molecule has 1 heterocycles. The first-order valence-electron chi connectivity index (χ1n) is 11.4. The van der Waals surface area contributed by atoms with Crippen LogP contribution in [0.3, 0.4) is 0 Å². The number of amides is 1. The van der Waals surface area contributed by atoms with Gasteiger partial charge in [-0.05, 0) is 29.8 Å². The van der Waals surface area contributed by atoms with Crippen molar-refractivity contribution < 1.29 is 23.8 Å². The van der Waals surface area contributed by atoms with E-state index >= 15 is 0 Å². The number of ether oxygens (including phenoxy) is 3. The van der Waals surface area contributed by atoms with Crippen LogP contribution in [0.1, 0.15) is 18.1 Å². The molecule has 3 aromatic carbocycles. The highest BCUT2D eigenvalue weighted by molar-refractivity contribution is 7.99. The average molecular weight is 519 g/mol. The molecule has 9 nitrogen and oxygen atoms in total. The standard InChI is InChI=1S/C27H26N4O5S/c1-18(32)36-26-23(34-2)13-20(14-24(26)35-3)15-28-30-25(33)17-37-27-29-21-11-7-8-12-22(21)31(27)16-19-9-5-4-6-10-19/h4-15H,16-17H2,1-3H3,(H,30,33)/b28-15-. The minimum atomic E-state index is -0.500. The zero-order valence-electron chi connectivity index (χ0n) is 20.6. The number of carbonyl (C=O) groups excluding carboxylic acids is 2. The van der Waals surface area contributed by atoms with Crippen LogP contribution in [0.2, 0.25) is 0 Å². The van der Waals surface area contributed by atoms with Crippen molar-refractivity contribution >= 4 is 40.9 Å². The van der Waals surface area contributed by atoms with Crippen molar-refractivity contribution in [2.45, 2.75) is 18.6 Å². The van der Waals surface area contributed by atoms with Crippen LogP contribution in [0.5, 0.6) is 17.2 Å². The molecule has 4 aromatic rings. The van der Waals surface area contributed by atoms with Crippen LogP contribution < -0.4 is 19.6 Å². The molecular weight excluding hydrogens is 492 g/mol. The number of esters is 1. The number of nitrogens with one attached hydrogen (secondary N) is 1. The fourth-order valence-electron chi connectivity index (χ4n) is 3.64. The maximum absolute atomic E-state index is 12.5. The average Bonchev–Trinajstić information content (AvgIpc) is 3.25. The van der Waals surface area contributed by atoms with Gasteiger partial charge in [0.05, 0.1) is 43.8 Å². The summed E-state index contributed by atoms with van der Waals surface area (Å²) < 4.78 is 17.9. The Morgan fingerprint density at radius 2 is 1.70 bits per heavy atom. The van der Waals surface area contributed by atoms with Crippen molar-refractivity contribution in [2.24, 2.45) is 5.10 Å². The fraction of sp³-hybridized carbons (Fsp3) is 0.185. The van der Waals surface area contributed by atoms with Gasteiger partial charge in [0, 0.05) is 12.5 Å². The van der Waals surface area contributed by atoms with Crippen molar-refractivity contribution in [2.75, 3.05) is 20.0 Å². The van der Waals surface area contributed by atoms with Gasteiger partial charge in [0.1, 0.15) is 0 Å². The van der Waals surface area contributed by atoms with E-state index in [1.54, 1.807) is 12.1 Å². The maximum Gasteiger partial charge on any atom is 0.308 e. The first-order valence-corrected chi connectivity index (χ1v) is 12.4. The molecule has 0 atom stereocenters. The molecule has 0 radical (unpaired) electrons. The summed E-state index contributed by atoms with van der Waals surface area (Å²) in [5.41, 5.74) is 6.14. The quantitative estimate of drug-likeness (QED) is 0.110. The number of fused-ring (bicyclic) bond motifs is 1. The van der Waals surface area contributed by atoms with E-state index in [-0.39, 0.29) is 17.4 Å². The minimum absolute atomic E-state index is 0.132. The molecule has 0 fully saturated rings. The first kappa shape index (κ1) is 25.8. The van der Waals surface area contributed by atoms with Gasteiger partial charge in [0.15, 0.2) is 16.7 Å². The third-order valence-corrected chi connectivity index (χ3v) is 6.24. The van der Waals surface area contributed by atoms with Crippen LogP contribution in [0.4, 0.5) is 0 Å². The summed E-state index contributed by atoms with van der Waals surface area (Å²) in [5.74, 6) is 0.127. The predicted molar refractivity (Wildman–Crippen MR) is 143 cm³/mol. The zero-order valence-corrected chi connectivity index (χ0v) is 21.5. The minimum Gasteiger partial charge on any atom is -0.493 e. The van der Waals surface area contributed by atoms with Crippen LogP contribution in [0.15, 0.2) is 77.0 Å². The zero-order chi connectivity index (χ0) is 26.2. The summed E-state index contributed by atoms with van der Waals surface area (Å²) in [6.45, 7) is 1.94. The maximum atomic E-state index is 12.5. The van der Waals surface area contributed by atoms with Crippen molar-refractivity contribution in [3.8, 4) is 17.2 Å². The van der Waals surface area contributed by atoms with E-state index < -0.39 is 5.97 Å². The Bertz CT molecular complexity index is 1410. The molecule has 190 valence electrons. The van der Waals surface area contributed by atoms with Crippen molar-refractivity contribution in [1.29, 1.82) is 0 Å². The lowest BCUT2D eigenvalue weighted by atomic mass is 10.2. The molecule has 0 saturated heterocycles. The van der Waals surface area contributed by atoms with Gasteiger partial charge < -0.3 is 18.8 Å². The van der Waals surface area contributed by atoms with E-state index in [1.165, 1.54) is 39.1 Å². The number of thioether (sulfide) groups is 1. The molecule has 0 saturated carbocycles. The molecular formula is C27H26N4O5S. The number of methoxy groups -OCH3 is 2. The van der Waals surface area contributed by atoms with Gasteiger partial charge >= 0.3 is 5.97 Å². The molecule has 37 heavy (non-hydrogen) atoms. The molecule has 0 unspecified atom stereocenters. The topological polar surface area (TPSA) is 104 Å². The summed E-state index contributed by atoms with van der Waals surface area (Å²) in [7, 11) is 2.90. The molecule has 1 N–H and O–H groups in total. The third-order valence-electron chi connectivity index (χ3n) is 5.27. The van der Waals surface area contributed by atoms with Gasteiger partial charge in [-0.15, -0.1) is 0 Å². The molecule has 10 heteroatoms. The Morgan fingerprint density at radius 3 is 2.38 bits per heavy atom. The van der Waals surface area contributed by atoms with Crippen molar-refractivity contribution in [3.05, 3.63) is 77.9 Å². The van der Waals surface area contributed by atoms with Crippen LogP contribution in [0, 0.1) is 0 Å². The van der Waals surface area contributed by atoms with E-state index in [2.05, 4.69) is 27.2 Å². The molecule has 1 aromatic heterocycles. The van der Waals surface area contributed by atoms with Crippen LogP contribution in [0.25, 0.3) is 11.0 Å². The Balaban J connectivity index is 1.43. The summed E-state index contributed by atoms with van der Waals surface area (Å²) in [5, 5.41) is 4.79. The number of rotatable bonds is 10. The second-order valence-electron chi connectivity index (χ2n) is 7.88. The second kappa shape index (κ2) is 12.1. The van der Waals surface area contributed by atoms with Gasteiger partial charge in [0.2, 0.25) is 5.75 Å². The number of benzene rings is 3. The third kappa shape index (κ3) is 6.47. The van der Waals surface area contributed by atoms with Crippen LogP contribution in [-0.2, 0) is 16.1 Å². The largest absolute Gasteiger partial charge is 0.493 e. The highest BCUT2D eigenvalue weighted by Crippen LogP contribution is 2.38. The number of aromatic nitrogens is 2. The fourth-order valence-corrected chi connectivity index (χ4v) is 4.45. The van der Waals surface area contributed by atoms with Gasteiger partial charge in [-0.25, -0.2) is 10.4 Å². The number of hydrazone groups is 1. The van der Waals surface area contributed by atoms with Gasteiger partial charge in [-0.3, -0.25) is 9.59 Å². The van der Waals surface area contributed by atoms with Gasteiger partial charge in [0.25, 0.3) is 5.91 Å². The molecule has 0 aliphatic rings. The smallest absolute Gasteiger partial charge is 0.308 e. The predicted octanol–water partition coefficient (Wildman–Crippen LogP) is 4.27. The highest BCUT2D eigenvalue weighted by Gasteiger charge is 2.16. The lowest BCUT2D eigenvalue weighted by Gasteiger charge is -2.13. The number of hydrogen-bond acceptors (Lipinski definition) is 8. The second-order valence-corrected chi connectivity index (χ2v) is 8.83. The van der Waals surface area contributed by atoms with Crippen molar-refractivity contribution in [3.63, 3.8) is 0 Å². The lowest BCUT2D eigenvalue weighted by molar-refractivity contribution is -0.132. The number of nitrogens with zero attached hydrogens (tertiary/aromatic N) is 3. The number of para-hydroxylation sites is 2. The lowest BCUT2D eigenvalue weighted by Crippen LogP contribution is -2.20. The summed E-state index contributed by atoms with van der Waals surface area (Å²) >= 11 is 1.34. The molecule has 1 amide bonds. The van der Waals surface area contributed by atoms with Gasteiger partial charge in [-0.2, -0.15) is 5.10 Å². The number of carbonyl (C=O) groups is 2. The van der Waals surface area contributed by atoms with E-state index in [9.17, 15) is 9.59 Å². The Hall–Kier alpha value is -4.31. The van der Waals surface area contributed by atoms with Crippen LogP contribution in [-0.4, -0.2) is 47.6 Å². The molecule has 0 aliphatic carbocycles. The first-order chi connectivity index (χ1) is 18.0. The molecule has 0 spiro atoms. The Kier molecular flexibility index (Phi) is 8.42. The molecule has 4 rings (SSSR count). The summed E-state index contributed by atoms with van der Waals surface area (Å²) in [4.78, 5) is 28.6. The van der Waals surface area contributed by atoms with Crippen molar-refractivity contribution in [1.82, 2.24) is 15.0 Å². The highest BCUT2D eigenvalue weighted by atomic mass is 32.2. The van der Waals surface area contributed by atoms with E-state index in [1.807, 2.05) is 42.5 Å². The van der Waals surface area contributed by atoms with E-state index in [0.717, 1.165) is 21.8 Å². The molecule has 0 aliphatic heterocycles. The summed E-state index contributed by atoms with van der Waals surface area (Å²) in [6.07, 6.45) is 1.45. The van der Waals surface area contributed by atoms with Gasteiger partial charge in [-0.1, -0.05) is 54.2 Å². The molecule has 0 bridgehead atoms.